The van der Waals surface area contributed by atoms with E-state index in [0.29, 0.717) is 17.3 Å². The van der Waals surface area contributed by atoms with Gasteiger partial charge in [-0.25, -0.2) is 4.79 Å². The monoisotopic (exact) mass is 213 g/mol. The van der Waals surface area contributed by atoms with Gasteiger partial charge in [-0.3, -0.25) is 0 Å². The molecule has 0 fully saturated rings. The molecular weight excluding hydrogens is 202 g/mol. The number of benzene rings is 1. The van der Waals surface area contributed by atoms with Gasteiger partial charge in [0.1, 0.15) is 0 Å². The van der Waals surface area contributed by atoms with Gasteiger partial charge in [-0.05, 0) is 18.6 Å². The van der Waals surface area contributed by atoms with Gasteiger partial charge < -0.3 is 10.4 Å². The lowest BCUT2D eigenvalue weighted by atomic mass is 10.2. The fourth-order valence-electron chi connectivity index (χ4n) is 1.13. The summed E-state index contributed by atoms with van der Waals surface area (Å²) in [5, 5.41) is 12.3. The molecule has 0 bridgehead atoms. The van der Waals surface area contributed by atoms with Crippen molar-refractivity contribution in [3.05, 3.63) is 28.8 Å². The highest BCUT2D eigenvalue weighted by Gasteiger charge is 2.11. The second-order valence-corrected chi connectivity index (χ2v) is 3.30. The highest BCUT2D eigenvalue weighted by molar-refractivity contribution is 6.34. The number of para-hydroxylation sites is 1. The zero-order chi connectivity index (χ0) is 10.6. The highest BCUT2D eigenvalue weighted by atomic mass is 35.5. The average Bonchev–Trinajstić information content (AvgIpc) is 2.15. The molecule has 0 heterocycles. The molecule has 0 aliphatic heterocycles. The molecule has 2 N–H and O–H groups in total. The second kappa shape index (κ2) is 4.86. The first-order valence-electron chi connectivity index (χ1n) is 4.42. The Bertz CT molecular complexity index is 339. The van der Waals surface area contributed by atoms with Gasteiger partial charge >= 0.3 is 5.97 Å². The SMILES string of the molecule is CCCNc1c(Cl)cccc1C(=O)O. The molecule has 1 rings (SSSR count). The van der Waals surface area contributed by atoms with Crippen LogP contribution in [0.15, 0.2) is 18.2 Å². The molecule has 14 heavy (non-hydrogen) atoms. The van der Waals surface area contributed by atoms with Crippen molar-refractivity contribution >= 4 is 23.3 Å². The Balaban J connectivity index is 3.02. The zero-order valence-corrected chi connectivity index (χ0v) is 8.64. The van der Waals surface area contributed by atoms with Gasteiger partial charge in [0.15, 0.2) is 0 Å². The summed E-state index contributed by atoms with van der Waals surface area (Å²) in [6, 6.07) is 4.83. The van der Waals surface area contributed by atoms with Crippen molar-refractivity contribution in [3.8, 4) is 0 Å². The highest BCUT2D eigenvalue weighted by Crippen LogP contribution is 2.25. The van der Waals surface area contributed by atoms with Crippen LogP contribution in [-0.2, 0) is 0 Å². The topological polar surface area (TPSA) is 49.3 Å². The molecule has 3 nitrogen and oxygen atoms in total. The van der Waals surface area contributed by atoms with Crippen LogP contribution in [0.2, 0.25) is 5.02 Å². The Morgan fingerprint density at radius 3 is 2.86 bits per heavy atom. The fraction of sp³-hybridized carbons (Fsp3) is 0.300. The van der Waals surface area contributed by atoms with Crippen LogP contribution in [0.1, 0.15) is 23.7 Å². The Kier molecular flexibility index (Phi) is 3.77. The van der Waals surface area contributed by atoms with Crippen molar-refractivity contribution in [2.24, 2.45) is 0 Å². The standard InChI is InChI=1S/C10H12ClNO2/c1-2-6-12-9-7(10(13)14)4-3-5-8(9)11/h3-5,12H,2,6H2,1H3,(H,13,14). The van der Waals surface area contributed by atoms with E-state index in [2.05, 4.69) is 5.32 Å². The minimum absolute atomic E-state index is 0.214. The Morgan fingerprint density at radius 1 is 1.57 bits per heavy atom. The normalized spacial score (nSPS) is 9.86. The van der Waals surface area contributed by atoms with E-state index < -0.39 is 5.97 Å². The van der Waals surface area contributed by atoms with E-state index in [1.807, 2.05) is 6.92 Å². The number of anilines is 1. The van der Waals surface area contributed by atoms with Crippen molar-refractivity contribution < 1.29 is 9.90 Å². The predicted molar refractivity (Wildman–Crippen MR) is 57.2 cm³/mol. The summed E-state index contributed by atoms with van der Waals surface area (Å²) in [7, 11) is 0. The number of aromatic carboxylic acids is 1. The average molecular weight is 214 g/mol. The minimum Gasteiger partial charge on any atom is -0.478 e. The van der Waals surface area contributed by atoms with Crippen molar-refractivity contribution in [2.75, 3.05) is 11.9 Å². The summed E-state index contributed by atoms with van der Waals surface area (Å²) in [5.41, 5.74) is 0.717. The molecule has 0 amide bonds. The van der Waals surface area contributed by atoms with Gasteiger partial charge in [-0.1, -0.05) is 24.6 Å². The number of carbonyl (C=O) groups is 1. The molecule has 0 unspecified atom stereocenters. The predicted octanol–water partition coefficient (Wildman–Crippen LogP) is 2.86. The minimum atomic E-state index is -0.967. The van der Waals surface area contributed by atoms with Crippen molar-refractivity contribution in [2.45, 2.75) is 13.3 Å². The smallest absolute Gasteiger partial charge is 0.337 e. The summed E-state index contributed by atoms with van der Waals surface area (Å²) >= 11 is 5.88. The van der Waals surface area contributed by atoms with Gasteiger partial charge in [0.2, 0.25) is 0 Å². The molecule has 0 saturated carbocycles. The van der Waals surface area contributed by atoms with E-state index in [-0.39, 0.29) is 5.56 Å². The van der Waals surface area contributed by atoms with E-state index in [9.17, 15) is 4.79 Å². The van der Waals surface area contributed by atoms with Gasteiger partial charge in [0, 0.05) is 6.54 Å². The third-order valence-electron chi connectivity index (χ3n) is 1.80. The lowest BCUT2D eigenvalue weighted by Crippen LogP contribution is -2.07. The quantitative estimate of drug-likeness (QED) is 0.809. The summed E-state index contributed by atoms with van der Waals surface area (Å²) in [6.45, 7) is 2.72. The molecule has 0 atom stereocenters. The first kappa shape index (κ1) is 10.9. The van der Waals surface area contributed by atoms with E-state index in [1.54, 1.807) is 12.1 Å². The molecule has 0 radical (unpaired) electrons. The number of carboxylic acid groups (broad SMARTS) is 1. The first-order chi connectivity index (χ1) is 6.66. The number of rotatable bonds is 4. The third-order valence-corrected chi connectivity index (χ3v) is 2.11. The molecule has 1 aromatic carbocycles. The van der Waals surface area contributed by atoms with Gasteiger partial charge in [0.25, 0.3) is 0 Å². The van der Waals surface area contributed by atoms with E-state index in [1.165, 1.54) is 6.07 Å². The Morgan fingerprint density at radius 2 is 2.29 bits per heavy atom. The second-order valence-electron chi connectivity index (χ2n) is 2.89. The van der Waals surface area contributed by atoms with E-state index >= 15 is 0 Å². The lowest BCUT2D eigenvalue weighted by Gasteiger charge is -2.09. The molecule has 0 aliphatic carbocycles. The molecule has 0 aromatic heterocycles. The number of hydrogen-bond donors (Lipinski definition) is 2. The van der Waals surface area contributed by atoms with E-state index in [4.69, 9.17) is 16.7 Å². The van der Waals surface area contributed by atoms with Crippen LogP contribution in [0.25, 0.3) is 0 Å². The van der Waals surface area contributed by atoms with Crippen LogP contribution in [0.4, 0.5) is 5.69 Å². The largest absolute Gasteiger partial charge is 0.478 e. The maximum atomic E-state index is 10.8. The van der Waals surface area contributed by atoms with Crippen LogP contribution < -0.4 is 5.32 Å². The molecular formula is C10H12ClNO2. The number of carboxylic acids is 1. The van der Waals surface area contributed by atoms with Crippen LogP contribution in [-0.4, -0.2) is 17.6 Å². The van der Waals surface area contributed by atoms with Crippen molar-refractivity contribution in [1.82, 2.24) is 0 Å². The Hall–Kier alpha value is -1.22. The molecule has 4 heteroatoms. The summed E-state index contributed by atoms with van der Waals surface area (Å²) in [4.78, 5) is 10.8. The van der Waals surface area contributed by atoms with Crippen molar-refractivity contribution in [3.63, 3.8) is 0 Å². The zero-order valence-electron chi connectivity index (χ0n) is 7.88. The molecule has 0 aliphatic rings. The van der Waals surface area contributed by atoms with Crippen LogP contribution in [0, 0.1) is 0 Å². The molecule has 1 aromatic rings. The van der Waals surface area contributed by atoms with Gasteiger partial charge in [-0.15, -0.1) is 0 Å². The molecule has 0 spiro atoms. The summed E-state index contributed by atoms with van der Waals surface area (Å²) in [5.74, 6) is -0.967. The summed E-state index contributed by atoms with van der Waals surface area (Å²) in [6.07, 6.45) is 0.921. The summed E-state index contributed by atoms with van der Waals surface area (Å²) < 4.78 is 0. The van der Waals surface area contributed by atoms with Crippen LogP contribution in [0.3, 0.4) is 0 Å². The Labute approximate surface area is 87.7 Å². The lowest BCUT2D eigenvalue weighted by molar-refractivity contribution is 0.0698. The fourth-order valence-corrected chi connectivity index (χ4v) is 1.37. The van der Waals surface area contributed by atoms with Crippen molar-refractivity contribution in [1.29, 1.82) is 0 Å². The number of halogens is 1. The molecule has 0 saturated heterocycles. The number of hydrogen-bond acceptors (Lipinski definition) is 2. The van der Waals surface area contributed by atoms with Crippen LogP contribution >= 0.6 is 11.6 Å². The van der Waals surface area contributed by atoms with Gasteiger partial charge in [-0.2, -0.15) is 0 Å². The van der Waals surface area contributed by atoms with Gasteiger partial charge in [0.05, 0.1) is 16.3 Å². The maximum Gasteiger partial charge on any atom is 0.337 e. The van der Waals surface area contributed by atoms with E-state index in [0.717, 1.165) is 6.42 Å². The first-order valence-corrected chi connectivity index (χ1v) is 4.80. The molecule has 76 valence electrons. The maximum absolute atomic E-state index is 10.8. The number of nitrogens with one attached hydrogen (secondary N) is 1. The third kappa shape index (κ3) is 2.39. The van der Waals surface area contributed by atoms with Crippen LogP contribution in [0.5, 0.6) is 0 Å².